The van der Waals surface area contributed by atoms with Gasteiger partial charge in [0, 0.05) is 17.1 Å². The molecule has 82 valence electrons. The number of halogens is 1. The van der Waals surface area contributed by atoms with Crippen molar-refractivity contribution in [3.8, 4) is 0 Å². The van der Waals surface area contributed by atoms with E-state index in [1.165, 1.54) is 0 Å². The minimum Gasteiger partial charge on any atom is -0.339 e. The lowest BCUT2D eigenvalue weighted by Crippen LogP contribution is -1.84. The lowest BCUT2D eigenvalue weighted by atomic mass is 10.2. The van der Waals surface area contributed by atoms with Crippen LogP contribution >= 0.6 is 15.9 Å². The van der Waals surface area contributed by atoms with Gasteiger partial charge in [0.15, 0.2) is 5.65 Å². The molecule has 1 N–H and O–H groups in total. The SMILES string of the molecule is Brc1cccn2c1nc1c3ccccc3[nH]c12. The Balaban J connectivity index is 2.33. The quantitative estimate of drug-likeness (QED) is 0.525. The number of pyridine rings is 1. The third-order valence-corrected chi connectivity index (χ3v) is 3.66. The summed E-state index contributed by atoms with van der Waals surface area (Å²) in [5, 5.41) is 1.16. The Bertz CT molecular complexity index is 857. The van der Waals surface area contributed by atoms with Gasteiger partial charge in [0.1, 0.15) is 11.2 Å². The molecular formula is C13H8BrN3. The van der Waals surface area contributed by atoms with Crippen molar-refractivity contribution in [3.05, 3.63) is 47.1 Å². The monoisotopic (exact) mass is 285 g/mol. The molecule has 4 aromatic rings. The molecule has 3 nitrogen and oxygen atoms in total. The highest BCUT2D eigenvalue weighted by Gasteiger charge is 2.11. The third-order valence-electron chi connectivity index (χ3n) is 3.04. The molecule has 0 saturated carbocycles. The third kappa shape index (κ3) is 1.13. The number of nitrogens with one attached hydrogen (secondary N) is 1. The van der Waals surface area contributed by atoms with Crippen LogP contribution in [0.1, 0.15) is 0 Å². The fourth-order valence-electron chi connectivity index (χ4n) is 2.27. The van der Waals surface area contributed by atoms with Crippen LogP contribution in [0.3, 0.4) is 0 Å². The normalized spacial score (nSPS) is 11.8. The number of imidazole rings is 1. The van der Waals surface area contributed by atoms with Crippen LogP contribution in [0, 0.1) is 0 Å². The second-order valence-corrected chi connectivity index (χ2v) is 4.88. The van der Waals surface area contributed by atoms with Crippen molar-refractivity contribution in [3.63, 3.8) is 0 Å². The van der Waals surface area contributed by atoms with Crippen LogP contribution in [0.15, 0.2) is 47.1 Å². The van der Waals surface area contributed by atoms with E-state index in [4.69, 9.17) is 0 Å². The molecule has 0 amide bonds. The molecule has 0 atom stereocenters. The first-order valence-electron chi connectivity index (χ1n) is 5.37. The minimum atomic E-state index is 0.944. The van der Waals surface area contributed by atoms with Crippen LogP contribution in [0.5, 0.6) is 0 Å². The molecule has 0 bridgehead atoms. The van der Waals surface area contributed by atoms with Crippen LogP contribution in [-0.2, 0) is 0 Å². The van der Waals surface area contributed by atoms with Gasteiger partial charge in [0.2, 0.25) is 0 Å². The molecule has 0 fully saturated rings. The molecule has 0 radical (unpaired) electrons. The van der Waals surface area contributed by atoms with E-state index < -0.39 is 0 Å². The molecule has 0 aliphatic rings. The predicted octanol–water partition coefficient (Wildman–Crippen LogP) is 3.73. The maximum absolute atomic E-state index is 4.69. The first-order chi connectivity index (χ1) is 8.34. The number of para-hydroxylation sites is 1. The number of fused-ring (bicyclic) bond motifs is 5. The molecule has 3 aromatic heterocycles. The van der Waals surface area contributed by atoms with E-state index in [9.17, 15) is 0 Å². The van der Waals surface area contributed by atoms with Crippen LogP contribution < -0.4 is 0 Å². The molecular weight excluding hydrogens is 278 g/mol. The Morgan fingerprint density at radius 1 is 1.12 bits per heavy atom. The van der Waals surface area contributed by atoms with E-state index in [0.29, 0.717) is 0 Å². The maximum Gasteiger partial charge on any atom is 0.153 e. The molecule has 0 aliphatic carbocycles. The molecule has 0 spiro atoms. The number of H-pyrrole nitrogens is 1. The summed E-state index contributed by atoms with van der Waals surface area (Å²) in [6.45, 7) is 0. The molecule has 0 aliphatic heterocycles. The average Bonchev–Trinajstić information content (AvgIpc) is 2.87. The number of aromatic nitrogens is 3. The fraction of sp³-hybridized carbons (Fsp3) is 0. The zero-order valence-electron chi connectivity index (χ0n) is 8.81. The van der Waals surface area contributed by atoms with Crippen LogP contribution in [0.2, 0.25) is 0 Å². The van der Waals surface area contributed by atoms with Crippen LogP contribution in [-0.4, -0.2) is 14.4 Å². The minimum absolute atomic E-state index is 0.944. The zero-order valence-corrected chi connectivity index (χ0v) is 10.4. The Kier molecular flexibility index (Phi) is 1.69. The predicted molar refractivity (Wildman–Crippen MR) is 72.3 cm³/mol. The van der Waals surface area contributed by atoms with Crippen molar-refractivity contribution >= 4 is 43.6 Å². The highest BCUT2D eigenvalue weighted by atomic mass is 79.9. The second-order valence-electron chi connectivity index (χ2n) is 4.03. The summed E-state index contributed by atoms with van der Waals surface area (Å²) < 4.78 is 3.08. The first kappa shape index (κ1) is 9.24. The van der Waals surface area contributed by atoms with Gasteiger partial charge in [0.25, 0.3) is 0 Å². The van der Waals surface area contributed by atoms with Gasteiger partial charge in [-0.3, -0.25) is 4.40 Å². The Morgan fingerprint density at radius 3 is 2.94 bits per heavy atom. The van der Waals surface area contributed by atoms with Gasteiger partial charge in [-0.1, -0.05) is 18.2 Å². The molecule has 0 saturated heterocycles. The lowest BCUT2D eigenvalue weighted by Gasteiger charge is -1.95. The van der Waals surface area contributed by atoms with E-state index in [0.717, 1.165) is 32.2 Å². The highest BCUT2D eigenvalue weighted by molar-refractivity contribution is 9.10. The second kappa shape index (κ2) is 3.11. The summed E-state index contributed by atoms with van der Waals surface area (Å²) in [5.41, 5.74) is 4.13. The topological polar surface area (TPSA) is 33.1 Å². The zero-order chi connectivity index (χ0) is 11.4. The summed E-state index contributed by atoms with van der Waals surface area (Å²) in [5.74, 6) is 0. The Hall–Kier alpha value is -1.81. The number of nitrogens with zero attached hydrogens (tertiary/aromatic N) is 2. The van der Waals surface area contributed by atoms with Crippen molar-refractivity contribution < 1.29 is 0 Å². The molecule has 3 heterocycles. The molecule has 4 rings (SSSR count). The maximum atomic E-state index is 4.69. The molecule has 17 heavy (non-hydrogen) atoms. The van der Waals surface area contributed by atoms with Gasteiger partial charge in [-0.05, 0) is 34.1 Å². The summed E-state index contributed by atoms with van der Waals surface area (Å²) >= 11 is 3.53. The standard InChI is InChI=1S/C13H8BrN3/c14-9-5-3-7-17-12(9)16-11-8-4-1-2-6-10(8)15-13(11)17/h1-7,15H. The van der Waals surface area contributed by atoms with E-state index in [1.807, 2.05) is 30.5 Å². The van der Waals surface area contributed by atoms with Crippen molar-refractivity contribution in [1.29, 1.82) is 0 Å². The van der Waals surface area contributed by atoms with Gasteiger partial charge in [0.05, 0.1) is 4.47 Å². The summed E-state index contributed by atoms with van der Waals surface area (Å²) in [4.78, 5) is 8.10. The number of rotatable bonds is 0. The highest BCUT2D eigenvalue weighted by Crippen LogP contribution is 2.28. The van der Waals surface area contributed by atoms with Crippen LogP contribution in [0.25, 0.3) is 27.7 Å². The molecule has 4 heteroatoms. The van der Waals surface area contributed by atoms with Gasteiger partial charge < -0.3 is 4.98 Å². The number of hydrogen-bond acceptors (Lipinski definition) is 1. The van der Waals surface area contributed by atoms with E-state index in [-0.39, 0.29) is 0 Å². The Labute approximate surface area is 105 Å². The van der Waals surface area contributed by atoms with Crippen molar-refractivity contribution in [1.82, 2.24) is 14.4 Å². The van der Waals surface area contributed by atoms with E-state index >= 15 is 0 Å². The number of benzene rings is 1. The summed E-state index contributed by atoms with van der Waals surface area (Å²) in [6, 6.07) is 12.2. The van der Waals surface area contributed by atoms with Crippen molar-refractivity contribution in [2.45, 2.75) is 0 Å². The van der Waals surface area contributed by atoms with Crippen molar-refractivity contribution in [2.75, 3.05) is 0 Å². The molecule has 1 aromatic carbocycles. The largest absolute Gasteiger partial charge is 0.339 e. The van der Waals surface area contributed by atoms with E-state index in [1.54, 1.807) is 0 Å². The lowest BCUT2D eigenvalue weighted by molar-refractivity contribution is 1.19. The number of aromatic amines is 1. The van der Waals surface area contributed by atoms with Gasteiger partial charge in [-0.15, -0.1) is 0 Å². The summed E-state index contributed by atoms with van der Waals surface area (Å²) in [7, 11) is 0. The average molecular weight is 286 g/mol. The van der Waals surface area contributed by atoms with Gasteiger partial charge in [-0.2, -0.15) is 0 Å². The molecule has 0 unspecified atom stereocenters. The number of hydrogen-bond donors (Lipinski definition) is 1. The smallest absolute Gasteiger partial charge is 0.153 e. The fourth-order valence-corrected chi connectivity index (χ4v) is 2.70. The van der Waals surface area contributed by atoms with Crippen LogP contribution in [0.4, 0.5) is 0 Å². The van der Waals surface area contributed by atoms with Crippen molar-refractivity contribution in [2.24, 2.45) is 0 Å². The van der Waals surface area contributed by atoms with Gasteiger partial charge >= 0.3 is 0 Å². The summed E-state index contributed by atoms with van der Waals surface area (Å²) in [6.07, 6.45) is 2.02. The van der Waals surface area contributed by atoms with Gasteiger partial charge in [-0.25, -0.2) is 4.98 Å². The van der Waals surface area contributed by atoms with E-state index in [2.05, 4.69) is 42.4 Å². The first-order valence-corrected chi connectivity index (χ1v) is 6.17. The Morgan fingerprint density at radius 2 is 2.00 bits per heavy atom.